The van der Waals surface area contributed by atoms with Crippen LogP contribution in [-0.4, -0.2) is 54.5 Å². The number of para-hydroxylation sites is 1. The lowest BCUT2D eigenvalue weighted by atomic mass is 10.1. The highest BCUT2D eigenvalue weighted by molar-refractivity contribution is 5.89. The summed E-state index contributed by atoms with van der Waals surface area (Å²) in [5.41, 5.74) is 2.66. The molecule has 32 heavy (non-hydrogen) atoms. The normalized spacial score (nSPS) is 16.7. The molecule has 3 aromatic rings. The van der Waals surface area contributed by atoms with Crippen LogP contribution in [-0.2, 0) is 22.6 Å². The first-order valence-electron chi connectivity index (χ1n) is 10.7. The molecular weight excluding hydrogens is 411 g/mol. The fourth-order valence-corrected chi connectivity index (χ4v) is 4.10. The molecule has 2 amide bonds. The first-order chi connectivity index (χ1) is 15.5. The predicted molar refractivity (Wildman–Crippen MR) is 120 cm³/mol. The van der Waals surface area contributed by atoms with Gasteiger partial charge in [-0.1, -0.05) is 24.3 Å². The summed E-state index contributed by atoms with van der Waals surface area (Å²) in [7, 11) is 1.48. The van der Waals surface area contributed by atoms with Crippen LogP contribution in [0.3, 0.4) is 0 Å². The Morgan fingerprint density at radius 1 is 1.25 bits per heavy atom. The molecule has 7 nitrogen and oxygen atoms in total. The Morgan fingerprint density at radius 2 is 2.09 bits per heavy atom. The molecular formula is C24H27FN4O3. The van der Waals surface area contributed by atoms with Crippen molar-refractivity contribution in [3.63, 3.8) is 0 Å². The average Bonchev–Trinajstić information content (AvgIpc) is 3.20. The van der Waals surface area contributed by atoms with Crippen LogP contribution in [0.1, 0.15) is 17.5 Å². The summed E-state index contributed by atoms with van der Waals surface area (Å²) in [4.78, 5) is 30.1. The lowest BCUT2D eigenvalue weighted by Gasteiger charge is -2.34. The maximum Gasteiger partial charge on any atom is 0.237 e. The summed E-state index contributed by atoms with van der Waals surface area (Å²) in [6.45, 7) is 1.73. The SMILES string of the molecule is COc1ccc(CN2CCNC(=O)C2CC(=O)NCCc2c[nH]c3ccccc23)c(F)c1. The highest BCUT2D eigenvalue weighted by Gasteiger charge is 2.32. The fraction of sp³-hybridized carbons (Fsp3) is 0.333. The van der Waals surface area contributed by atoms with Gasteiger partial charge in [0.25, 0.3) is 0 Å². The van der Waals surface area contributed by atoms with E-state index in [1.165, 1.54) is 13.2 Å². The number of hydrogen-bond donors (Lipinski definition) is 3. The fourth-order valence-electron chi connectivity index (χ4n) is 4.10. The van der Waals surface area contributed by atoms with Gasteiger partial charge < -0.3 is 20.4 Å². The largest absolute Gasteiger partial charge is 0.497 e. The zero-order valence-electron chi connectivity index (χ0n) is 18.0. The summed E-state index contributed by atoms with van der Waals surface area (Å²) < 4.78 is 19.4. The number of piperazine rings is 1. The highest BCUT2D eigenvalue weighted by atomic mass is 19.1. The number of hydrogen-bond acceptors (Lipinski definition) is 4. The van der Waals surface area contributed by atoms with Gasteiger partial charge in [0, 0.05) is 54.9 Å². The molecule has 0 spiro atoms. The Hall–Kier alpha value is -3.39. The average molecular weight is 439 g/mol. The minimum atomic E-state index is -0.640. The second-order valence-corrected chi connectivity index (χ2v) is 7.90. The number of amides is 2. The number of carbonyl (C=O) groups excluding carboxylic acids is 2. The first kappa shape index (κ1) is 21.8. The quantitative estimate of drug-likeness (QED) is 0.504. The van der Waals surface area contributed by atoms with Crippen LogP contribution < -0.4 is 15.4 Å². The smallest absolute Gasteiger partial charge is 0.237 e. The second kappa shape index (κ2) is 9.82. The van der Waals surface area contributed by atoms with E-state index >= 15 is 0 Å². The Labute approximate surface area is 185 Å². The molecule has 1 aromatic heterocycles. The van der Waals surface area contributed by atoms with Gasteiger partial charge in [0.15, 0.2) is 0 Å². The van der Waals surface area contributed by atoms with Gasteiger partial charge in [-0.2, -0.15) is 0 Å². The topological polar surface area (TPSA) is 86.5 Å². The van der Waals surface area contributed by atoms with Gasteiger partial charge in [0.2, 0.25) is 11.8 Å². The summed E-state index contributed by atoms with van der Waals surface area (Å²) in [6.07, 6.45) is 2.67. The number of H-pyrrole nitrogens is 1. The molecule has 1 unspecified atom stereocenters. The number of nitrogens with zero attached hydrogens (tertiary/aromatic N) is 1. The molecule has 1 aliphatic heterocycles. The number of methoxy groups -OCH3 is 1. The van der Waals surface area contributed by atoms with Gasteiger partial charge in [-0.3, -0.25) is 14.5 Å². The first-order valence-corrected chi connectivity index (χ1v) is 10.7. The minimum Gasteiger partial charge on any atom is -0.497 e. The van der Waals surface area contributed by atoms with Crippen LogP contribution >= 0.6 is 0 Å². The number of aromatic nitrogens is 1. The Kier molecular flexibility index (Phi) is 6.70. The van der Waals surface area contributed by atoms with Crippen molar-refractivity contribution < 1.29 is 18.7 Å². The lowest BCUT2D eigenvalue weighted by Crippen LogP contribution is -2.56. The Balaban J connectivity index is 1.35. The zero-order valence-corrected chi connectivity index (χ0v) is 18.0. The third-order valence-corrected chi connectivity index (χ3v) is 5.85. The number of carbonyl (C=O) groups is 2. The summed E-state index contributed by atoms with van der Waals surface area (Å²) in [6, 6.07) is 12.0. The van der Waals surface area contributed by atoms with Crippen molar-refractivity contribution in [2.24, 2.45) is 0 Å². The zero-order chi connectivity index (χ0) is 22.5. The number of aromatic amines is 1. The van der Waals surface area contributed by atoms with Gasteiger partial charge in [-0.05, 0) is 24.1 Å². The molecule has 2 aromatic carbocycles. The van der Waals surface area contributed by atoms with E-state index in [1.807, 2.05) is 35.4 Å². The van der Waals surface area contributed by atoms with Crippen molar-refractivity contribution in [3.05, 3.63) is 65.6 Å². The summed E-state index contributed by atoms with van der Waals surface area (Å²) in [5, 5.41) is 6.86. The number of halogens is 1. The van der Waals surface area contributed by atoms with Crippen LogP contribution in [0.4, 0.5) is 4.39 Å². The molecule has 2 heterocycles. The molecule has 1 atom stereocenters. The van der Waals surface area contributed by atoms with Crippen molar-refractivity contribution >= 4 is 22.7 Å². The number of benzene rings is 2. The second-order valence-electron chi connectivity index (χ2n) is 7.90. The van der Waals surface area contributed by atoms with Crippen LogP contribution in [0.15, 0.2) is 48.7 Å². The van der Waals surface area contributed by atoms with Gasteiger partial charge in [-0.25, -0.2) is 4.39 Å². The molecule has 3 N–H and O–H groups in total. The Bertz CT molecular complexity index is 1110. The van der Waals surface area contributed by atoms with E-state index in [-0.39, 0.29) is 24.8 Å². The van der Waals surface area contributed by atoms with Crippen LogP contribution in [0.25, 0.3) is 10.9 Å². The van der Waals surface area contributed by atoms with Crippen molar-refractivity contribution in [2.45, 2.75) is 25.4 Å². The maximum atomic E-state index is 14.4. The molecule has 8 heteroatoms. The maximum absolute atomic E-state index is 14.4. The van der Waals surface area contributed by atoms with E-state index < -0.39 is 11.9 Å². The minimum absolute atomic E-state index is 0.0253. The monoisotopic (exact) mass is 438 g/mol. The van der Waals surface area contributed by atoms with Crippen molar-refractivity contribution in [1.29, 1.82) is 0 Å². The van der Waals surface area contributed by atoms with Crippen LogP contribution in [0, 0.1) is 5.82 Å². The summed E-state index contributed by atoms with van der Waals surface area (Å²) in [5.74, 6) is -0.366. The van der Waals surface area contributed by atoms with Crippen molar-refractivity contribution in [2.75, 3.05) is 26.7 Å². The van der Waals surface area contributed by atoms with E-state index in [0.29, 0.717) is 37.4 Å². The van der Waals surface area contributed by atoms with E-state index in [2.05, 4.69) is 15.6 Å². The van der Waals surface area contributed by atoms with Crippen molar-refractivity contribution in [1.82, 2.24) is 20.5 Å². The third kappa shape index (κ3) is 4.91. The molecule has 0 aliphatic carbocycles. The van der Waals surface area contributed by atoms with Crippen LogP contribution in [0.5, 0.6) is 5.75 Å². The van der Waals surface area contributed by atoms with Gasteiger partial charge in [-0.15, -0.1) is 0 Å². The standard InChI is InChI=1S/C24H27FN4O3/c1-32-18-7-6-17(20(25)12-18)15-29-11-10-27-24(31)22(29)13-23(30)26-9-8-16-14-28-21-5-3-2-4-19(16)21/h2-7,12,14,22,28H,8-11,13,15H2,1H3,(H,26,30)(H,27,31). The van der Waals surface area contributed by atoms with E-state index in [1.54, 1.807) is 12.1 Å². The van der Waals surface area contributed by atoms with Crippen molar-refractivity contribution in [3.8, 4) is 5.75 Å². The molecule has 168 valence electrons. The number of ether oxygens (including phenoxy) is 1. The molecule has 1 fully saturated rings. The van der Waals surface area contributed by atoms with E-state index in [4.69, 9.17) is 4.74 Å². The number of nitrogens with one attached hydrogen (secondary N) is 3. The van der Waals surface area contributed by atoms with E-state index in [0.717, 1.165) is 16.5 Å². The molecule has 0 bridgehead atoms. The van der Waals surface area contributed by atoms with Crippen LogP contribution in [0.2, 0.25) is 0 Å². The molecule has 1 saturated heterocycles. The number of fused-ring (bicyclic) bond motifs is 1. The number of rotatable bonds is 8. The van der Waals surface area contributed by atoms with Gasteiger partial charge >= 0.3 is 0 Å². The van der Waals surface area contributed by atoms with E-state index in [9.17, 15) is 14.0 Å². The predicted octanol–water partition coefficient (Wildman–Crippen LogP) is 2.37. The van der Waals surface area contributed by atoms with Gasteiger partial charge in [0.1, 0.15) is 11.6 Å². The Morgan fingerprint density at radius 3 is 2.91 bits per heavy atom. The molecule has 0 radical (unpaired) electrons. The highest BCUT2D eigenvalue weighted by Crippen LogP contribution is 2.21. The lowest BCUT2D eigenvalue weighted by molar-refractivity contribution is -0.134. The molecule has 1 aliphatic rings. The third-order valence-electron chi connectivity index (χ3n) is 5.85. The molecule has 0 saturated carbocycles. The summed E-state index contributed by atoms with van der Waals surface area (Å²) >= 11 is 0. The molecule has 4 rings (SSSR count). The van der Waals surface area contributed by atoms with Gasteiger partial charge in [0.05, 0.1) is 19.6 Å².